The number of benzene rings is 2. The first kappa shape index (κ1) is 16.0. The molecule has 2 heterocycles. The number of piperidine rings is 1. The van der Waals surface area contributed by atoms with Crippen molar-refractivity contribution in [3.05, 3.63) is 59.7 Å². The lowest BCUT2D eigenvalue weighted by Gasteiger charge is -2.34. The molecule has 1 amide bonds. The number of aliphatic hydroxyl groups is 1. The lowest BCUT2D eigenvalue weighted by atomic mass is 9.87. The summed E-state index contributed by atoms with van der Waals surface area (Å²) in [5.74, 6) is 1.50. The molecule has 0 aliphatic carbocycles. The minimum Gasteiger partial charge on any atom is -0.454 e. The maximum atomic E-state index is 12.7. The molecule has 2 aromatic carbocycles. The first-order valence-corrected chi connectivity index (χ1v) is 8.64. The molecule has 1 N–H and O–H groups in total. The minimum atomic E-state index is -0.469. The van der Waals surface area contributed by atoms with Crippen molar-refractivity contribution in [3.8, 4) is 11.5 Å². The highest BCUT2D eigenvalue weighted by Crippen LogP contribution is 2.34. The number of rotatable bonds is 3. The average Bonchev–Trinajstić information content (AvgIpc) is 3.15. The van der Waals surface area contributed by atoms with Crippen LogP contribution in [-0.2, 0) is 0 Å². The number of fused-ring (bicyclic) bond motifs is 1. The summed E-state index contributed by atoms with van der Waals surface area (Å²) in [4.78, 5) is 14.6. The van der Waals surface area contributed by atoms with Gasteiger partial charge in [-0.05, 0) is 42.5 Å². The van der Waals surface area contributed by atoms with Crippen molar-refractivity contribution < 1.29 is 19.4 Å². The fourth-order valence-electron chi connectivity index (χ4n) is 3.55. The van der Waals surface area contributed by atoms with Gasteiger partial charge in [0.1, 0.15) is 0 Å². The van der Waals surface area contributed by atoms with Gasteiger partial charge in [-0.1, -0.05) is 30.3 Å². The molecule has 1 fully saturated rings. The third-order valence-corrected chi connectivity index (χ3v) is 5.03. The van der Waals surface area contributed by atoms with Crippen molar-refractivity contribution in [2.75, 3.05) is 19.9 Å². The second kappa shape index (κ2) is 6.76. The monoisotopic (exact) mass is 339 g/mol. The molecule has 5 heteroatoms. The molecule has 0 spiro atoms. The van der Waals surface area contributed by atoms with Crippen molar-refractivity contribution in [2.45, 2.75) is 18.9 Å². The van der Waals surface area contributed by atoms with E-state index in [0.29, 0.717) is 30.2 Å². The number of amides is 1. The average molecular weight is 339 g/mol. The standard InChI is InChI=1S/C20H21NO4/c22-19(14-4-2-1-3-5-14)15-8-10-21(11-9-15)20(23)16-6-7-17-18(12-16)25-13-24-17/h1-7,12,15,19,22H,8-11,13H2. The van der Waals surface area contributed by atoms with Gasteiger partial charge in [-0.2, -0.15) is 0 Å². The summed E-state index contributed by atoms with van der Waals surface area (Å²) < 4.78 is 10.6. The minimum absolute atomic E-state index is 0.00551. The van der Waals surface area contributed by atoms with E-state index < -0.39 is 6.10 Å². The zero-order valence-corrected chi connectivity index (χ0v) is 13.9. The van der Waals surface area contributed by atoms with Crippen LogP contribution in [0.1, 0.15) is 34.9 Å². The third-order valence-electron chi connectivity index (χ3n) is 5.03. The maximum Gasteiger partial charge on any atom is 0.253 e. The second-order valence-corrected chi connectivity index (χ2v) is 6.55. The predicted molar refractivity (Wildman–Crippen MR) is 92.6 cm³/mol. The van der Waals surface area contributed by atoms with E-state index in [0.717, 1.165) is 18.4 Å². The Morgan fingerprint density at radius 2 is 1.76 bits per heavy atom. The van der Waals surface area contributed by atoms with Crippen molar-refractivity contribution in [3.63, 3.8) is 0 Å². The Hall–Kier alpha value is -2.53. The molecule has 1 saturated heterocycles. The van der Waals surface area contributed by atoms with Crippen LogP contribution in [0.15, 0.2) is 48.5 Å². The van der Waals surface area contributed by atoms with Crippen molar-refractivity contribution >= 4 is 5.91 Å². The molecule has 25 heavy (non-hydrogen) atoms. The smallest absolute Gasteiger partial charge is 0.253 e. The maximum absolute atomic E-state index is 12.7. The number of hydrogen-bond acceptors (Lipinski definition) is 4. The third kappa shape index (κ3) is 3.20. The Balaban J connectivity index is 1.39. The van der Waals surface area contributed by atoms with Crippen molar-refractivity contribution in [2.24, 2.45) is 5.92 Å². The Bertz CT molecular complexity index is 754. The Kier molecular flexibility index (Phi) is 4.32. The number of aliphatic hydroxyl groups excluding tert-OH is 1. The molecule has 0 saturated carbocycles. The van der Waals surface area contributed by atoms with Gasteiger partial charge in [0.2, 0.25) is 6.79 Å². The Labute approximate surface area is 146 Å². The molecule has 4 rings (SSSR count). The van der Waals surface area contributed by atoms with E-state index in [2.05, 4.69) is 0 Å². The number of nitrogens with zero attached hydrogens (tertiary/aromatic N) is 1. The van der Waals surface area contributed by atoms with Crippen LogP contribution in [0.3, 0.4) is 0 Å². The van der Waals surface area contributed by atoms with Crippen LogP contribution in [0.2, 0.25) is 0 Å². The van der Waals surface area contributed by atoms with E-state index >= 15 is 0 Å². The molecule has 0 bridgehead atoms. The van der Waals surface area contributed by atoms with Crippen LogP contribution in [0.25, 0.3) is 0 Å². The van der Waals surface area contributed by atoms with Gasteiger partial charge in [0, 0.05) is 18.7 Å². The molecule has 0 radical (unpaired) electrons. The van der Waals surface area contributed by atoms with Gasteiger partial charge < -0.3 is 19.5 Å². The van der Waals surface area contributed by atoms with E-state index in [4.69, 9.17) is 9.47 Å². The first-order chi connectivity index (χ1) is 12.2. The van der Waals surface area contributed by atoms with Crippen LogP contribution >= 0.6 is 0 Å². The predicted octanol–water partition coefficient (Wildman–Crippen LogP) is 3.00. The summed E-state index contributed by atoms with van der Waals surface area (Å²) in [5.41, 5.74) is 1.56. The van der Waals surface area contributed by atoms with Crippen LogP contribution < -0.4 is 9.47 Å². The molecular weight excluding hydrogens is 318 g/mol. The van der Waals surface area contributed by atoms with Gasteiger partial charge in [-0.25, -0.2) is 0 Å². The van der Waals surface area contributed by atoms with Gasteiger partial charge in [-0.15, -0.1) is 0 Å². The number of ether oxygens (including phenoxy) is 2. The number of likely N-dealkylation sites (tertiary alicyclic amines) is 1. The zero-order chi connectivity index (χ0) is 17.2. The van der Waals surface area contributed by atoms with Gasteiger partial charge >= 0.3 is 0 Å². The van der Waals surface area contributed by atoms with E-state index in [9.17, 15) is 9.90 Å². The number of carbonyl (C=O) groups excluding carboxylic acids is 1. The lowest BCUT2D eigenvalue weighted by molar-refractivity contribution is 0.0462. The lowest BCUT2D eigenvalue weighted by Crippen LogP contribution is -2.39. The van der Waals surface area contributed by atoms with E-state index in [-0.39, 0.29) is 18.6 Å². The van der Waals surface area contributed by atoms with Gasteiger partial charge in [-0.3, -0.25) is 4.79 Å². The number of hydrogen-bond donors (Lipinski definition) is 1. The van der Waals surface area contributed by atoms with Gasteiger partial charge in [0.25, 0.3) is 5.91 Å². The van der Waals surface area contributed by atoms with E-state index in [1.165, 1.54) is 0 Å². The summed E-state index contributed by atoms with van der Waals surface area (Å²) >= 11 is 0. The van der Waals surface area contributed by atoms with Crippen LogP contribution in [0.4, 0.5) is 0 Å². The van der Waals surface area contributed by atoms with Crippen LogP contribution in [-0.4, -0.2) is 35.8 Å². The highest BCUT2D eigenvalue weighted by Gasteiger charge is 2.29. The van der Waals surface area contributed by atoms with Crippen LogP contribution in [0.5, 0.6) is 11.5 Å². The summed E-state index contributed by atoms with van der Waals surface area (Å²) in [5, 5.41) is 10.6. The Morgan fingerprint density at radius 1 is 1.04 bits per heavy atom. The highest BCUT2D eigenvalue weighted by molar-refractivity contribution is 5.95. The summed E-state index contributed by atoms with van der Waals surface area (Å²) in [7, 11) is 0. The molecular formula is C20H21NO4. The van der Waals surface area contributed by atoms with Gasteiger partial charge in [0.05, 0.1) is 6.10 Å². The molecule has 5 nitrogen and oxygen atoms in total. The summed E-state index contributed by atoms with van der Waals surface area (Å²) in [6, 6.07) is 15.0. The van der Waals surface area contributed by atoms with Crippen molar-refractivity contribution in [1.29, 1.82) is 0 Å². The van der Waals surface area contributed by atoms with Crippen molar-refractivity contribution in [1.82, 2.24) is 4.90 Å². The second-order valence-electron chi connectivity index (χ2n) is 6.55. The van der Waals surface area contributed by atoms with E-state index in [1.807, 2.05) is 35.2 Å². The normalized spacial score (nSPS) is 18.2. The SMILES string of the molecule is O=C(c1ccc2c(c1)OCO2)N1CCC(C(O)c2ccccc2)CC1. The molecule has 1 atom stereocenters. The summed E-state index contributed by atoms with van der Waals surface area (Å²) in [6.45, 7) is 1.51. The quantitative estimate of drug-likeness (QED) is 0.934. The fourth-order valence-corrected chi connectivity index (χ4v) is 3.55. The number of carbonyl (C=O) groups is 1. The van der Waals surface area contributed by atoms with E-state index in [1.54, 1.807) is 18.2 Å². The molecule has 0 aromatic heterocycles. The highest BCUT2D eigenvalue weighted by atomic mass is 16.7. The summed E-state index contributed by atoms with van der Waals surface area (Å²) in [6.07, 6.45) is 1.13. The first-order valence-electron chi connectivity index (χ1n) is 8.64. The van der Waals surface area contributed by atoms with Gasteiger partial charge in [0.15, 0.2) is 11.5 Å². The van der Waals surface area contributed by atoms with Crippen LogP contribution in [0, 0.1) is 5.92 Å². The molecule has 2 aromatic rings. The Morgan fingerprint density at radius 3 is 2.52 bits per heavy atom. The topological polar surface area (TPSA) is 59.0 Å². The fraction of sp³-hybridized carbons (Fsp3) is 0.350. The molecule has 1 unspecified atom stereocenters. The largest absolute Gasteiger partial charge is 0.454 e. The molecule has 130 valence electrons. The zero-order valence-electron chi connectivity index (χ0n) is 13.9. The molecule has 2 aliphatic rings. The molecule has 2 aliphatic heterocycles.